The van der Waals surface area contributed by atoms with Gasteiger partial charge in [0.25, 0.3) is 0 Å². The Hall–Kier alpha value is -2.95. The molecule has 7 nitrogen and oxygen atoms in total. The van der Waals surface area contributed by atoms with E-state index in [2.05, 4.69) is 25.0 Å². The van der Waals surface area contributed by atoms with Crippen LogP contribution in [0.2, 0.25) is 0 Å². The van der Waals surface area contributed by atoms with Gasteiger partial charge < -0.3 is 14.8 Å². The van der Waals surface area contributed by atoms with Crippen LogP contribution in [0.3, 0.4) is 0 Å². The number of hydrogen-bond donors (Lipinski definition) is 1. The Kier molecular flexibility index (Phi) is 5.71. The third kappa shape index (κ3) is 4.61. The molecule has 1 unspecified atom stereocenters. The summed E-state index contributed by atoms with van der Waals surface area (Å²) in [5, 5.41) is 2.84. The molecule has 1 aliphatic heterocycles. The number of nitrogens with zero attached hydrogens (tertiary/aromatic N) is 4. The van der Waals surface area contributed by atoms with Crippen molar-refractivity contribution in [2.24, 2.45) is 0 Å². The maximum absolute atomic E-state index is 14.1. The van der Waals surface area contributed by atoms with E-state index in [1.807, 2.05) is 0 Å². The average Bonchev–Trinajstić information content (AvgIpc) is 2.92. The van der Waals surface area contributed by atoms with Crippen molar-refractivity contribution in [2.45, 2.75) is 44.8 Å². The third-order valence-electron chi connectivity index (χ3n) is 4.75. The molecule has 0 amide bonds. The maximum atomic E-state index is 14.1. The second kappa shape index (κ2) is 8.42. The first-order valence-corrected chi connectivity index (χ1v) is 9.50. The summed E-state index contributed by atoms with van der Waals surface area (Å²) < 4.78 is 63.5. The second-order valence-corrected chi connectivity index (χ2v) is 6.85. The molecule has 1 saturated heterocycles. The molecule has 1 fully saturated rings. The van der Waals surface area contributed by atoms with E-state index in [1.54, 1.807) is 10.6 Å². The summed E-state index contributed by atoms with van der Waals surface area (Å²) in [7, 11) is 0. The Bertz CT molecular complexity index is 1020. The summed E-state index contributed by atoms with van der Waals surface area (Å²) in [5.74, 6) is -0.271. The summed E-state index contributed by atoms with van der Waals surface area (Å²) >= 11 is 0. The lowest BCUT2D eigenvalue weighted by atomic mass is 10.2. The molecule has 160 valence electrons. The molecule has 30 heavy (non-hydrogen) atoms. The fraction of sp³-hybridized carbons (Fsp3) is 0.421. The van der Waals surface area contributed by atoms with Crippen molar-refractivity contribution in [1.82, 2.24) is 19.5 Å². The van der Waals surface area contributed by atoms with Crippen LogP contribution in [0.1, 0.15) is 37.5 Å². The molecule has 0 spiro atoms. The molecular formula is C19H19F4N5O2. The van der Waals surface area contributed by atoms with Gasteiger partial charge in [-0.3, -0.25) is 4.57 Å². The molecule has 1 aromatic carbocycles. The van der Waals surface area contributed by atoms with Crippen LogP contribution in [-0.2, 0) is 11.3 Å². The first-order valence-electron chi connectivity index (χ1n) is 9.50. The van der Waals surface area contributed by atoms with Gasteiger partial charge in [0.2, 0.25) is 0 Å². The van der Waals surface area contributed by atoms with Crippen molar-refractivity contribution in [3.8, 4) is 5.75 Å². The number of anilines is 1. The summed E-state index contributed by atoms with van der Waals surface area (Å²) in [6.45, 7) is 0.517. The number of fused-ring (bicyclic) bond motifs is 1. The number of nitrogens with one attached hydrogen (secondary N) is 1. The SMILES string of the molecule is Fc1nc(NCc2ccccc2OC(F)(F)F)c2ncn(C3CCCCCO3)c2n1. The van der Waals surface area contributed by atoms with E-state index in [0.717, 1.165) is 25.7 Å². The van der Waals surface area contributed by atoms with E-state index in [9.17, 15) is 17.6 Å². The van der Waals surface area contributed by atoms with Crippen LogP contribution in [0.4, 0.5) is 23.4 Å². The second-order valence-electron chi connectivity index (χ2n) is 6.85. The number of para-hydroxylation sites is 1. The largest absolute Gasteiger partial charge is 0.573 e. The molecule has 0 aliphatic carbocycles. The van der Waals surface area contributed by atoms with Crippen molar-refractivity contribution in [3.63, 3.8) is 0 Å². The van der Waals surface area contributed by atoms with Crippen LogP contribution in [0.5, 0.6) is 5.75 Å². The Morgan fingerprint density at radius 2 is 2.00 bits per heavy atom. The minimum Gasteiger partial charge on any atom is -0.405 e. The number of hydrogen-bond acceptors (Lipinski definition) is 6. The number of alkyl halides is 3. The lowest BCUT2D eigenvalue weighted by Gasteiger charge is -2.17. The van der Waals surface area contributed by atoms with E-state index in [0.29, 0.717) is 12.1 Å². The Labute approximate surface area is 169 Å². The van der Waals surface area contributed by atoms with Crippen LogP contribution in [0.25, 0.3) is 11.2 Å². The number of aromatic nitrogens is 4. The Morgan fingerprint density at radius 3 is 2.83 bits per heavy atom. The molecule has 3 heterocycles. The average molecular weight is 425 g/mol. The molecule has 1 aliphatic rings. The number of ether oxygens (including phenoxy) is 2. The van der Waals surface area contributed by atoms with Crippen molar-refractivity contribution in [1.29, 1.82) is 0 Å². The molecule has 1 N–H and O–H groups in total. The van der Waals surface area contributed by atoms with Gasteiger partial charge in [0.15, 0.2) is 17.0 Å². The van der Waals surface area contributed by atoms with Crippen LogP contribution in [0.15, 0.2) is 30.6 Å². The highest BCUT2D eigenvalue weighted by molar-refractivity contribution is 5.82. The normalized spacial score (nSPS) is 17.7. The summed E-state index contributed by atoms with van der Waals surface area (Å²) in [6.07, 6.45) is -0.846. The quantitative estimate of drug-likeness (QED) is 0.477. The fourth-order valence-electron chi connectivity index (χ4n) is 3.40. The van der Waals surface area contributed by atoms with E-state index in [4.69, 9.17) is 4.74 Å². The molecule has 1 atom stereocenters. The van der Waals surface area contributed by atoms with Crippen LogP contribution in [-0.4, -0.2) is 32.5 Å². The van der Waals surface area contributed by atoms with Gasteiger partial charge in [-0.05, 0) is 25.3 Å². The molecule has 2 aromatic heterocycles. The predicted octanol–water partition coefficient (Wildman–Crippen LogP) is 4.57. The van der Waals surface area contributed by atoms with Crippen molar-refractivity contribution < 1.29 is 27.0 Å². The molecule has 11 heteroatoms. The van der Waals surface area contributed by atoms with Gasteiger partial charge in [0.05, 0.1) is 6.33 Å². The lowest BCUT2D eigenvalue weighted by Crippen LogP contribution is -2.18. The van der Waals surface area contributed by atoms with E-state index >= 15 is 0 Å². The molecule has 0 radical (unpaired) electrons. The highest BCUT2D eigenvalue weighted by Crippen LogP contribution is 2.29. The summed E-state index contributed by atoms with van der Waals surface area (Å²) in [4.78, 5) is 11.9. The van der Waals surface area contributed by atoms with Gasteiger partial charge in [-0.1, -0.05) is 24.6 Å². The van der Waals surface area contributed by atoms with Gasteiger partial charge in [-0.25, -0.2) is 4.98 Å². The van der Waals surface area contributed by atoms with E-state index in [-0.39, 0.29) is 35.6 Å². The van der Waals surface area contributed by atoms with E-state index < -0.39 is 12.4 Å². The topological polar surface area (TPSA) is 74.1 Å². The first kappa shape index (κ1) is 20.3. The number of imidazole rings is 1. The van der Waals surface area contributed by atoms with Crippen LogP contribution >= 0.6 is 0 Å². The van der Waals surface area contributed by atoms with Gasteiger partial charge >= 0.3 is 12.4 Å². The maximum Gasteiger partial charge on any atom is 0.573 e. The summed E-state index contributed by atoms with van der Waals surface area (Å²) in [5.41, 5.74) is 0.795. The highest BCUT2D eigenvalue weighted by atomic mass is 19.4. The zero-order chi connectivity index (χ0) is 21.1. The smallest absolute Gasteiger partial charge is 0.405 e. The van der Waals surface area contributed by atoms with Crippen LogP contribution in [0, 0.1) is 6.08 Å². The van der Waals surface area contributed by atoms with Crippen molar-refractivity contribution in [3.05, 3.63) is 42.2 Å². The number of benzene rings is 1. The minimum atomic E-state index is -4.82. The van der Waals surface area contributed by atoms with Gasteiger partial charge in [0, 0.05) is 18.7 Å². The fourth-order valence-corrected chi connectivity index (χ4v) is 3.40. The summed E-state index contributed by atoms with van der Waals surface area (Å²) in [6, 6.07) is 5.69. The molecule has 0 bridgehead atoms. The Morgan fingerprint density at radius 1 is 1.17 bits per heavy atom. The van der Waals surface area contributed by atoms with Gasteiger partial charge in [-0.15, -0.1) is 13.2 Å². The van der Waals surface area contributed by atoms with Crippen molar-refractivity contribution in [2.75, 3.05) is 11.9 Å². The number of halogens is 4. The first-order chi connectivity index (χ1) is 14.4. The standard InChI is InChI=1S/C19H19F4N5O2/c20-18-26-16(24-10-12-6-3-4-7-13(12)30-19(21,22)23)15-17(27-18)28(11-25-15)14-8-2-1-5-9-29-14/h3-4,6-7,11,14H,1-2,5,8-10H2,(H,24,26,27). The van der Waals surface area contributed by atoms with Gasteiger partial charge in [0.1, 0.15) is 12.0 Å². The van der Waals surface area contributed by atoms with E-state index in [1.165, 1.54) is 24.5 Å². The van der Waals surface area contributed by atoms with Crippen molar-refractivity contribution >= 4 is 17.0 Å². The zero-order valence-electron chi connectivity index (χ0n) is 15.8. The zero-order valence-corrected chi connectivity index (χ0v) is 15.8. The van der Waals surface area contributed by atoms with Gasteiger partial charge in [-0.2, -0.15) is 14.4 Å². The molecule has 4 rings (SSSR count). The predicted molar refractivity (Wildman–Crippen MR) is 99.2 cm³/mol. The molecule has 3 aromatic rings. The number of rotatable bonds is 5. The monoisotopic (exact) mass is 425 g/mol. The highest BCUT2D eigenvalue weighted by Gasteiger charge is 2.32. The minimum absolute atomic E-state index is 0.0756. The third-order valence-corrected chi connectivity index (χ3v) is 4.75. The Balaban J connectivity index is 1.60. The molecule has 0 saturated carbocycles. The molecular weight excluding hydrogens is 406 g/mol. The lowest BCUT2D eigenvalue weighted by molar-refractivity contribution is -0.274. The van der Waals surface area contributed by atoms with Crippen LogP contribution < -0.4 is 10.1 Å².